The molecule has 2 aromatic carbocycles. The molecule has 7 heteroatoms. The van der Waals surface area contributed by atoms with E-state index in [9.17, 15) is 0 Å². The predicted molar refractivity (Wildman–Crippen MR) is 135 cm³/mol. The summed E-state index contributed by atoms with van der Waals surface area (Å²) >= 11 is 2.32. The van der Waals surface area contributed by atoms with Crippen LogP contribution in [0.2, 0.25) is 0 Å². The number of hydrogen-bond donors (Lipinski definition) is 1. The van der Waals surface area contributed by atoms with Gasteiger partial charge in [-0.05, 0) is 95.1 Å². The summed E-state index contributed by atoms with van der Waals surface area (Å²) < 4.78 is 12.0. The highest BCUT2D eigenvalue weighted by molar-refractivity contribution is 14.1. The van der Waals surface area contributed by atoms with E-state index in [-0.39, 0.29) is 6.79 Å². The van der Waals surface area contributed by atoms with E-state index in [2.05, 4.69) is 57.2 Å². The van der Waals surface area contributed by atoms with Crippen LogP contribution in [0.4, 0.5) is 5.82 Å². The van der Waals surface area contributed by atoms with E-state index < -0.39 is 0 Å². The summed E-state index contributed by atoms with van der Waals surface area (Å²) in [5.41, 5.74) is 3.21. The maximum atomic E-state index is 5.46. The molecule has 0 aliphatic carbocycles. The van der Waals surface area contributed by atoms with E-state index >= 15 is 0 Å². The molecule has 1 N–H and O–H groups in total. The molecule has 6 nitrogen and oxygen atoms in total. The smallest absolute Gasteiger partial charge is 0.231 e. The molecule has 0 spiro atoms. The lowest BCUT2D eigenvalue weighted by atomic mass is 10.1. The van der Waals surface area contributed by atoms with Crippen molar-refractivity contribution in [3.8, 4) is 11.5 Å². The first-order chi connectivity index (χ1) is 15.7. The average Bonchev–Trinajstić information content (AvgIpc) is 3.29. The van der Waals surface area contributed by atoms with Crippen molar-refractivity contribution in [2.24, 2.45) is 0 Å². The van der Waals surface area contributed by atoms with Crippen molar-refractivity contribution in [2.45, 2.75) is 12.8 Å². The van der Waals surface area contributed by atoms with Gasteiger partial charge >= 0.3 is 0 Å². The van der Waals surface area contributed by atoms with Gasteiger partial charge in [-0.3, -0.25) is 4.98 Å². The molecular weight excluding hydrogens is 515 g/mol. The lowest BCUT2D eigenvalue weighted by Gasteiger charge is -2.10. The summed E-state index contributed by atoms with van der Waals surface area (Å²) in [6.45, 7) is 1.09. The highest BCUT2D eigenvalue weighted by Crippen LogP contribution is 2.33. The minimum Gasteiger partial charge on any atom is -0.454 e. The number of nitrogens with one attached hydrogen (secondary N) is 1. The van der Waals surface area contributed by atoms with Crippen molar-refractivity contribution < 1.29 is 9.47 Å². The van der Waals surface area contributed by atoms with Crippen LogP contribution < -0.4 is 14.8 Å². The van der Waals surface area contributed by atoms with Crippen LogP contribution in [-0.2, 0) is 6.42 Å². The van der Waals surface area contributed by atoms with Gasteiger partial charge in [0.25, 0.3) is 0 Å². The second-order valence-corrected chi connectivity index (χ2v) is 8.67. The van der Waals surface area contributed by atoms with Crippen LogP contribution in [0.1, 0.15) is 23.4 Å². The van der Waals surface area contributed by atoms with Crippen molar-refractivity contribution >= 4 is 51.5 Å². The fourth-order valence-corrected chi connectivity index (χ4v) is 4.06. The number of hydrogen-bond acceptors (Lipinski definition) is 6. The molecule has 0 saturated heterocycles. The van der Waals surface area contributed by atoms with Gasteiger partial charge in [-0.2, -0.15) is 0 Å². The van der Waals surface area contributed by atoms with Gasteiger partial charge in [-0.1, -0.05) is 12.1 Å². The fourth-order valence-electron chi connectivity index (χ4n) is 3.56. The summed E-state index contributed by atoms with van der Waals surface area (Å²) in [5, 5.41) is 4.55. The second-order valence-electron chi connectivity index (χ2n) is 7.42. The topological polar surface area (TPSA) is 69.2 Å². The number of halogens is 1. The van der Waals surface area contributed by atoms with E-state index in [1.54, 1.807) is 0 Å². The molecule has 1 aliphatic heterocycles. The largest absolute Gasteiger partial charge is 0.454 e. The SMILES string of the molecule is Ic1ccc2nc(/C=C/c3ccc4c(c3)OCO4)nc(NCCCc3ccncc3)c2c1. The van der Waals surface area contributed by atoms with E-state index in [0.717, 1.165) is 56.7 Å². The Morgan fingerprint density at radius 2 is 1.81 bits per heavy atom. The Bertz CT molecular complexity index is 1280. The normalized spacial score (nSPS) is 12.5. The Balaban J connectivity index is 1.35. The number of benzene rings is 2. The molecule has 0 fully saturated rings. The zero-order chi connectivity index (χ0) is 21.8. The first kappa shape index (κ1) is 20.7. The molecule has 0 bridgehead atoms. The average molecular weight is 536 g/mol. The third-order valence-corrected chi connectivity index (χ3v) is 5.85. The molecule has 32 heavy (non-hydrogen) atoms. The molecule has 0 radical (unpaired) electrons. The molecule has 0 saturated carbocycles. The van der Waals surface area contributed by atoms with Gasteiger partial charge in [0, 0.05) is 27.9 Å². The van der Waals surface area contributed by atoms with Gasteiger partial charge in [0.2, 0.25) is 6.79 Å². The minimum absolute atomic E-state index is 0.269. The fraction of sp³-hybridized carbons (Fsp3) is 0.160. The Kier molecular flexibility index (Phi) is 6.15. The Morgan fingerprint density at radius 1 is 0.938 bits per heavy atom. The number of aryl methyl sites for hydroxylation is 1. The van der Waals surface area contributed by atoms with Gasteiger partial charge in [0.1, 0.15) is 5.82 Å². The van der Waals surface area contributed by atoms with Gasteiger partial charge in [-0.15, -0.1) is 0 Å². The molecule has 5 rings (SSSR count). The number of fused-ring (bicyclic) bond motifs is 2. The van der Waals surface area contributed by atoms with Crippen LogP contribution in [0.3, 0.4) is 0 Å². The van der Waals surface area contributed by atoms with Crippen LogP contribution in [0, 0.1) is 3.57 Å². The Morgan fingerprint density at radius 3 is 2.72 bits per heavy atom. The maximum Gasteiger partial charge on any atom is 0.231 e. The first-order valence-electron chi connectivity index (χ1n) is 10.4. The van der Waals surface area contributed by atoms with Gasteiger partial charge in [0.15, 0.2) is 17.3 Å². The Labute approximate surface area is 199 Å². The second kappa shape index (κ2) is 9.52. The number of pyridine rings is 1. The summed E-state index contributed by atoms with van der Waals surface area (Å²) in [5.74, 6) is 3.05. The van der Waals surface area contributed by atoms with Crippen LogP contribution in [0.25, 0.3) is 23.1 Å². The molecule has 4 aromatic rings. The highest BCUT2D eigenvalue weighted by Gasteiger charge is 2.12. The first-order valence-corrected chi connectivity index (χ1v) is 11.5. The van der Waals surface area contributed by atoms with Gasteiger partial charge in [-0.25, -0.2) is 9.97 Å². The van der Waals surface area contributed by atoms with Gasteiger partial charge in [0.05, 0.1) is 5.52 Å². The summed E-state index contributed by atoms with van der Waals surface area (Å²) in [6, 6.07) is 16.2. The molecule has 0 amide bonds. The van der Waals surface area contributed by atoms with E-state index in [0.29, 0.717) is 5.82 Å². The molecule has 2 aromatic heterocycles. The molecule has 160 valence electrons. The van der Waals surface area contributed by atoms with Crippen LogP contribution in [0.15, 0.2) is 60.9 Å². The van der Waals surface area contributed by atoms with Crippen molar-refractivity contribution in [1.82, 2.24) is 15.0 Å². The zero-order valence-electron chi connectivity index (χ0n) is 17.3. The standard InChI is InChI=1S/C25H21IN4O2/c26-19-5-6-21-20(15-19)25(28-11-1-2-17-9-12-27-13-10-17)30-24(29-21)8-4-18-3-7-22-23(14-18)32-16-31-22/h3-10,12-15H,1-2,11,16H2,(H,28,29,30)/b8-4+. The van der Waals surface area contributed by atoms with Crippen molar-refractivity contribution in [3.63, 3.8) is 0 Å². The lowest BCUT2D eigenvalue weighted by molar-refractivity contribution is 0.174. The molecule has 3 heterocycles. The lowest BCUT2D eigenvalue weighted by Crippen LogP contribution is -2.07. The van der Waals surface area contributed by atoms with Crippen LogP contribution >= 0.6 is 22.6 Å². The van der Waals surface area contributed by atoms with E-state index in [1.807, 2.05) is 48.8 Å². The van der Waals surface area contributed by atoms with Crippen molar-refractivity contribution in [2.75, 3.05) is 18.7 Å². The van der Waals surface area contributed by atoms with Gasteiger partial charge < -0.3 is 14.8 Å². The number of rotatable bonds is 7. The van der Waals surface area contributed by atoms with Crippen molar-refractivity contribution in [1.29, 1.82) is 0 Å². The molecular formula is C25H21IN4O2. The molecule has 0 unspecified atom stereocenters. The number of aromatic nitrogens is 3. The third kappa shape index (κ3) is 4.83. The van der Waals surface area contributed by atoms with Crippen molar-refractivity contribution in [3.05, 3.63) is 81.4 Å². The van der Waals surface area contributed by atoms with Crippen LogP contribution in [0.5, 0.6) is 11.5 Å². The number of ether oxygens (including phenoxy) is 2. The summed E-state index contributed by atoms with van der Waals surface area (Å²) in [6.07, 6.45) is 9.58. The van der Waals surface area contributed by atoms with E-state index in [4.69, 9.17) is 19.4 Å². The zero-order valence-corrected chi connectivity index (χ0v) is 19.5. The maximum absolute atomic E-state index is 5.46. The predicted octanol–water partition coefficient (Wildman–Crippen LogP) is 5.57. The minimum atomic E-state index is 0.269. The molecule has 1 aliphatic rings. The van der Waals surface area contributed by atoms with E-state index in [1.165, 1.54) is 5.56 Å². The number of anilines is 1. The summed E-state index contributed by atoms with van der Waals surface area (Å²) in [4.78, 5) is 13.6. The van der Waals surface area contributed by atoms with Crippen LogP contribution in [-0.4, -0.2) is 28.3 Å². The quantitative estimate of drug-likeness (QED) is 0.246. The Hall–Kier alpha value is -3.20. The number of nitrogens with zero attached hydrogens (tertiary/aromatic N) is 3. The molecule has 0 atom stereocenters. The third-order valence-electron chi connectivity index (χ3n) is 5.18. The highest BCUT2D eigenvalue weighted by atomic mass is 127. The monoisotopic (exact) mass is 536 g/mol. The summed E-state index contributed by atoms with van der Waals surface area (Å²) in [7, 11) is 0.